The van der Waals surface area contributed by atoms with Crippen LogP contribution in [0, 0.1) is 0 Å². The molecule has 0 aliphatic rings. The summed E-state index contributed by atoms with van der Waals surface area (Å²) in [5.74, 6) is -1.41. The lowest BCUT2D eigenvalue weighted by Crippen LogP contribution is -2.41. The summed E-state index contributed by atoms with van der Waals surface area (Å²) >= 11 is 0. The van der Waals surface area contributed by atoms with E-state index in [9.17, 15) is 19.2 Å². The molecule has 11 heteroatoms. The molecule has 0 spiro atoms. The molecule has 6 N–H and O–H groups in total. The topological polar surface area (TPSA) is 171 Å². The predicted octanol–water partition coefficient (Wildman–Crippen LogP) is 0.262. The van der Waals surface area contributed by atoms with Crippen LogP contribution in [0.5, 0.6) is 0 Å². The Bertz CT molecular complexity index is 1210. The first-order valence-corrected chi connectivity index (χ1v) is 10.3. The van der Waals surface area contributed by atoms with E-state index in [1.165, 1.54) is 14.2 Å². The number of rotatable bonds is 9. The van der Waals surface area contributed by atoms with Crippen molar-refractivity contribution in [2.75, 3.05) is 20.0 Å². The first-order valence-electron chi connectivity index (χ1n) is 10.3. The SMILES string of the molecule is COC(=O)CC[C@H](NC(=O)c1ccc(CCc2c[nH]c3[nH+]c(N)[nH]c(=O)c23)cc1)C(=O)OC. The Balaban J connectivity index is 1.63. The standard InChI is InChI=1S/C22H25N5O6/c1-32-16(28)10-9-15(21(31)33-2)25-19(29)13-6-3-12(4-7-13)5-8-14-11-24-18-17(14)20(30)27-22(23)26-18/h3-4,6-7,11,15H,5,8-10H2,1-2H3,(H,25,29)(H4,23,24,26,27,30)/p+1/t15-/m0/s1. The molecule has 3 rings (SSSR count). The van der Waals surface area contributed by atoms with Gasteiger partial charge in [-0.25, -0.2) is 14.8 Å². The molecule has 1 aromatic carbocycles. The molecule has 1 atom stereocenters. The zero-order chi connectivity index (χ0) is 24.0. The first-order chi connectivity index (χ1) is 15.8. The van der Waals surface area contributed by atoms with E-state index in [2.05, 4.69) is 25.0 Å². The van der Waals surface area contributed by atoms with Crippen LogP contribution in [0.15, 0.2) is 35.3 Å². The number of ether oxygens (including phenoxy) is 2. The first kappa shape index (κ1) is 23.5. The van der Waals surface area contributed by atoms with Gasteiger partial charge in [0.05, 0.1) is 14.2 Å². The number of esters is 2. The maximum Gasteiger partial charge on any atom is 0.328 e. The monoisotopic (exact) mass is 456 g/mol. The van der Waals surface area contributed by atoms with Crippen molar-refractivity contribution >= 4 is 34.8 Å². The van der Waals surface area contributed by atoms with Gasteiger partial charge in [-0.3, -0.25) is 19.4 Å². The van der Waals surface area contributed by atoms with Crippen LogP contribution in [0.4, 0.5) is 5.95 Å². The van der Waals surface area contributed by atoms with Crippen molar-refractivity contribution in [2.45, 2.75) is 31.7 Å². The smallest absolute Gasteiger partial charge is 0.328 e. The molecule has 11 nitrogen and oxygen atoms in total. The normalized spacial score (nSPS) is 11.7. The summed E-state index contributed by atoms with van der Waals surface area (Å²) in [6, 6.07) is 5.94. The number of nitrogen functional groups attached to an aromatic ring is 1. The van der Waals surface area contributed by atoms with Crippen LogP contribution < -0.4 is 21.6 Å². The number of amides is 1. The van der Waals surface area contributed by atoms with Crippen LogP contribution in [-0.2, 0) is 31.9 Å². The summed E-state index contributed by atoms with van der Waals surface area (Å²) in [6.07, 6.45) is 3.04. The van der Waals surface area contributed by atoms with Gasteiger partial charge in [0.2, 0.25) is 5.65 Å². The molecule has 0 fully saturated rings. The number of fused-ring (bicyclic) bond motifs is 1. The number of carbonyl (C=O) groups is 3. The number of carbonyl (C=O) groups excluding carboxylic acids is 3. The highest BCUT2D eigenvalue weighted by Crippen LogP contribution is 2.15. The number of aromatic nitrogens is 3. The number of nitrogens with one attached hydrogen (secondary N) is 4. The van der Waals surface area contributed by atoms with Crippen molar-refractivity contribution in [1.82, 2.24) is 15.3 Å². The summed E-state index contributed by atoms with van der Waals surface area (Å²) < 4.78 is 9.27. The van der Waals surface area contributed by atoms with E-state index < -0.39 is 23.9 Å². The van der Waals surface area contributed by atoms with E-state index in [-0.39, 0.29) is 24.3 Å². The Morgan fingerprint density at radius 1 is 1.12 bits per heavy atom. The van der Waals surface area contributed by atoms with Crippen molar-refractivity contribution in [3.05, 3.63) is 57.5 Å². The van der Waals surface area contributed by atoms with Crippen LogP contribution >= 0.6 is 0 Å². The number of nitrogens with two attached hydrogens (primary N) is 1. The molecule has 0 aliphatic carbocycles. The highest BCUT2D eigenvalue weighted by molar-refractivity contribution is 5.96. The summed E-state index contributed by atoms with van der Waals surface area (Å²) in [4.78, 5) is 56.5. The molecule has 2 aromatic heterocycles. The Kier molecular flexibility index (Phi) is 7.44. The summed E-state index contributed by atoms with van der Waals surface area (Å²) in [5, 5.41) is 3.12. The van der Waals surface area contributed by atoms with Gasteiger partial charge in [-0.2, -0.15) is 0 Å². The molecule has 0 bridgehead atoms. The van der Waals surface area contributed by atoms with E-state index >= 15 is 0 Å². The molecule has 0 unspecified atom stereocenters. The number of H-pyrrole nitrogens is 3. The van der Waals surface area contributed by atoms with Crippen LogP contribution in [0.2, 0.25) is 0 Å². The fraction of sp³-hybridized carbons (Fsp3) is 0.318. The van der Waals surface area contributed by atoms with Crippen molar-refractivity contribution in [3.63, 3.8) is 0 Å². The van der Waals surface area contributed by atoms with Crippen molar-refractivity contribution < 1.29 is 28.8 Å². The van der Waals surface area contributed by atoms with Crippen molar-refractivity contribution in [3.8, 4) is 0 Å². The minimum Gasteiger partial charge on any atom is -0.469 e. The van der Waals surface area contributed by atoms with E-state index in [1.54, 1.807) is 30.5 Å². The van der Waals surface area contributed by atoms with E-state index in [4.69, 9.17) is 10.5 Å². The summed E-state index contributed by atoms with van der Waals surface area (Å²) in [7, 11) is 2.46. The number of aromatic amines is 3. The number of anilines is 1. The lowest BCUT2D eigenvalue weighted by atomic mass is 10.0. The third-order valence-electron chi connectivity index (χ3n) is 5.25. The van der Waals surface area contributed by atoms with Crippen LogP contribution in [0.1, 0.15) is 34.3 Å². The molecule has 0 radical (unpaired) electrons. The molecule has 3 aromatic rings. The zero-order valence-electron chi connectivity index (χ0n) is 18.3. The summed E-state index contributed by atoms with van der Waals surface area (Å²) in [6.45, 7) is 0. The zero-order valence-corrected chi connectivity index (χ0v) is 18.3. The predicted molar refractivity (Wildman–Crippen MR) is 118 cm³/mol. The minimum absolute atomic E-state index is 0.0312. The van der Waals surface area contributed by atoms with Crippen molar-refractivity contribution in [1.29, 1.82) is 0 Å². The van der Waals surface area contributed by atoms with Crippen LogP contribution in [-0.4, -0.2) is 48.1 Å². The third-order valence-corrected chi connectivity index (χ3v) is 5.25. The molecular weight excluding hydrogens is 430 g/mol. The second-order valence-corrected chi connectivity index (χ2v) is 7.42. The third kappa shape index (κ3) is 5.76. The van der Waals surface area contributed by atoms with Gasteiger partial charge in [0, 0.05) is 18.2 Å². The van der Waals surface area contributed by atoms with E-state index in [1.807, 2.05) is 0 Å². The number of methoxy groups -OCH3 is 2. The lowest BCUT2D eigenvalue weighted by molar-refractivity contribution is -0.333. The van der Waals surface area contributed by atoms with Gasteiger partial charge in [0.1, 0.15) is 11.4 Å². The van der Waals surface area contributed by atoms with Crippen molar-refractivity contribution in [2.24, 2.45) is 0 Å². The van der Waals surface area contributed by atoms with Gasteiger partial charge in [-0.15, -0.1) is 0 Å². The summed E-state index contributed by atoms with van der Waals surface area (Å²) in [5.41, 5.74) is 8.08. The molecule has 174 valence electrons. The highest BCUT2D eigenvalue weighted by atomic mass is 16.5. The molecule has 0 saturated carbocycles. The van der Waals surface area contributed by atoms with E-state index in [0.29, 0.717) is 29.4 Å². The molecule has 33 heavy (non-hydrogen) atoms. The van der Waals surface area contributed by atoms with Gasteiger partial charge in [-0.05, 0) is 42.5 Å². The van der Waals surface area contributed by atoms with Gasteiger partial charge >= 0.3 is 23.4 Å². The molecule has 1 amide bonds. The van der Waals surface area contributed by atoms with E-state index in [0.717, 1.165) is 11.1 Å². The number of hydrogen-bond donors (Lipinski definition) is 4. The molecular formula is C22H26N5O6+. The maximum absolute atomic E-state index is 12.6. The average molecular weight is 456 g/mol. The fourth-order valence-electron chi connectivity index (χ4n) is 3.47. The second-order valence-electron chi connectivity index (χ2n) is 7.42. The minimum atomic E-state index is -0.966. The molecule has 0 aliphatic heterocycles. The Morgan fingerprint density at radius 2 is 1.85 bits per heavy atom. The Hall–Kier alpha value is -4.15. The van der Waals surface area contributed by atoms with Gasteiger partial charge in [0.15, 0.2) is 0 Å². The fourth-order valence-corrected chi connectivity index (χ4v) is 3.47. The molecule has 2 heterocycles. The second kappa shape index (κ2) is 10.4. The Morgan fingerprint density at radius 3 is 2.52 bits per heavy atom. The average Bonchev–Trinajstić information content (AvgIpc) is 3.22. The number of benzene rings is 1. The van der Waals surface area contributed by atoms with Gasteiger partial charge in [-0.1, -0.05) is 12.1 Å². The van der Waals surface area contributed by atoms with Gasteiger partial charge < -0.3 is 20.5 Å². The number of aryl methyl sites for hydroxylation is 2. The molecule has 0 saturated heterocycles. The maximum atomic E-state index is 12.6. The van der Waals surface area contributed by atoms with Crippen LogP contribution in [0.3, 0.4) is 0 Å². The number of hydrogen-bond acceptors (Lipinski definition) is 7. The van der Waals surface area contributed by atoms with Crippen LogP contribution in [0.25, 0.3) is 11.0 Å². The highest BCUT2D eigenvalue weighted by Gasteiger charge is 2.23. The van der Waals surface area contributed by atoms with Gasteiger partial charge in [0.25, 0.3) is 5.91 Å². The largest absolute Gasteiger partial charge is 0.469 e. The Labute approximate surface area is 188 Å². The quantitative estimate of drug-likeness (QED) is 0.335. The lowest BCUT2D eigenvalue weighted by Gasteiger charge is -2.16.